The number of phenolic OH excluding ortho intramolecular Hbond substituents is 1. The normalized spacial score (nSPS) is 16.3. The first-order valence-corrected chi connectivity index (χ1v) is 6.90. The Kier molecular flexibility index (Phi) is 4.66. The second-order valence-electron chi connectivity index (χ2n) is 5.05. The van der Waals surface area contributed by atoms with Crippen LogP contribution < -0.4 is 5.32 Å². The molecular weight excluding hydrogens is 264 g/mol. The van der Waals surface area contributed by atoms with E-state index in [0.29, 0.717) is 11.5 Å². The predicted octanol–water partition coefficient (Wildman–Crippen LogP) is 2.12. The van der Waals surface area contributed by atoms with Gasteiger partial charge in [0.2, 0.25) is 0 Å². The average Bonchev–Trinajstić information content (AvgIpc) is 2.42. The number of nitrogens with one attached hydrogen (secondary N) is 1. The van der Waals surface area contributed by atoms with Crippen molar-refractivity contribution in [2.24, 2.45) is 5.92 Å². The van der Waals surface area contributed by atoms with Gasteiger partial charge in [-0.1, -0.05) is 11.6 Å². The molecule has 0 bridgehead atoms. The molecule has 1 saturated heterocycles. The first kappa shape index (κ1) is 14.2. The van der Waals surface area contributed by atoms with Crippen LogP contribution in [0.3, 0.4) is 0 Å². The van der Waals surface area contributed by atoms with E-state index in [1.807, 2.05) is 7.05 Å². The Bertz CT molecular complexity index is 459. The average molecular weight is 283 g/mol. The molecule has 0 aliphatic carbocycles. The molecule has 19 heavy (non-hydrogen) atoms. The van der Waals surface area contributed by atoms with Gasteiger partial charge >= 0.3 is 0 Å². The summed E-state index contributed by atoms with van der Waals surface area (Å²) in [6.07, 6.45) is 2.21. The maximum Gasteiger partial charge on any atom is 0.253 e. The van der Waals surface area contributed by atoms with E-state index in [1.165, 1.54) is 12.1 Å². The van der Waals surface area contributed by atoms with Crippen molar-refractivity contribution in [1.82, 2.24) is 10.2 Å². The Morgan fingerprint density at radius 2 is 2.16 bits per heavy atom. The zero-order chi connectivity index (χ0) is 13.8. The van der Waals surface area contributed by atoms with Crippen LogP contribution in [0.1, 0.15) is 23.2 Å². The van der Waals surface area contributed by atoms with Crippen molar-refractivity contribution in [1.29, 1.82) is 0 Å². The molecule has 0 radical (unpaired) electrons. The molecule has 104 valence electrons. The minimum Gasteiger partial charge on any atom is -0.506 e. The molecule has 1 aromatic carbocycles. The van der Waals surface area contributed by atoms with Crippen LogP contribution in [0.5, 0.6) is 5.75 Å². The van der Waals surface area contributed by atoms with E-state index < -0.39 is 0 Å². The number of amides is 1. The Hall–Kier alpha value is -1.26. The third kappa shape index (κ3) is 3.61. The van der Waals surface area contributed by atoms with Crippen LogP contribution in [-0.2, 0) is 0 Å². The molecule has 0 saturated carbocycles. The number of hydrogen-bond donors (Lipinski definition) is 2. The molecular formula is C14H19ClN2O2. The summed E-state index contributed by atoms with van der Waals surface area (Å²) < 4.78 is 0. The van der Waals surface area contributed by atoms with Crippen LogP contribution in [0, 0.1) is 5.92 Å². The monoisotopic (exact) mass is 282 g/mol. The van der Waals surface area contributed by atoms with Crippen LogP contribution in [0.4, 0.5) is 0 Å². The number of aromatic hydroxyl groups is 1. The van der Waals surface area contributed by atoms with E-state index in [1.54, 1.807) is 11.0 Å². The lowest BCUT2D eigenvalue weighted by atomic mass is 9.97. The van der Waals surface area contributed by atoms with Gasteiger partial charge in [-0.05, 0) is 50.0 Å². The van der Waals surface area contributed by atoms with Crippen LogP contribution in [0.2, 0.25) is 5.02 Å². The fourth-order valence-corrected chi connectivity index (χ4v) is 2.58. The van der Waals surface area contributed by atoms with Crippen molar-refractivity contribution >= 4 is 17.5 Å². The minimum absolute atomic E-state index is 0.000718. The van der Waals surface area contributed by atoms with Gasteiger partial charge in [-0.2, -0.15) is 0 Å². The SMILES string of the molecule is CN(CC1CCNCC1)C(=O)c1ccc(O)c(Cl)c1. The third-order valence-corrected chi connectivity index (χ3v) is 3.83. The lowest BCUT2D eigenvalue weighted by Crippen LogP contribution is -2.37. The van der Waals surface area contributed by atoms with E-state index in [9.17, 15) is 9.90 Å². The summed E-state index contributed by atoms with van der Waals surface area (Å²) in [4.78, 5) is 14.0. The molecule has 2 N–H and O–H groups in total. The maximum absolute atomic E-state index is 12.3. The van der Waals surface area contributed by atoms with Gasteiger partial charge in [0, 0.05) is 19.2 Å². The smallest absolute Gasteiger partial charge is 0.253 e. The molecule has 1 aliphatic rings. The number of piperidine rings is 1. The molecule has 1 heterocycles. The van der Waals surface area contributed by atoms with Crippen molar-refractivity contribution < 1.29 is 9.90 Å². The molecule has 0 aromatic heterocycles. The number of carbonyl (C=O) groups is 1. The summed E-state index contributed by atoms with van der Waals surface area (Å²) in [5.41, 5.74) is 0.513. The first-order valence-electron chi connectivity index (χ1n) is 6.52. The fourth-order valence-electron chi connectivity index (χ4n) is 2.39. The highest BCUT2D eigenvalue weighted by atomic mass is 35.5. The van der Waals surface area contributed by atoms with Gasteiger partial charge < -0.3 is 15.3 Å². The van der Waals surface area contributed by atoms with Crippen LogP contribution in [-0.4, -0.2) is 42.6 Å². The summed E-state index contributed by atoms with van der Waals surface area (Å²) in [5.74, 6) is 0.502. The Balaban J connectivity index is 1.99. The molecule has 0 spiro atoms. The lowest BCUT2D eigenvalue weighted by molar-refractivity contribution is 0.0763. The fraction of sp³-hybridized carbons (Fsp3) is 0.500. The van der Waals surface area contributed by atoms with E-state index in [0.717, 1.165) is 32.5 Å². The van der Waals surface area contributed by atoms with Crippen LogP contribution in [0.15, 0.2) is 18.2 Å². The quantitative estimate of drug-likeness (QED) is 0.893. The summed E-state index contributed by atoms with van der Waals surface area (Å²) >= 11 is 5.83. The predicted molar refractivity (Wildman–Crippen MR) is 75.7 cm³/mol. The number of benzene rings is 1. The van der Waals surface area contributed by atoms with Crippen LogP contribution >= 0.6 is 11.6 Å². The van der Waals surface area contributed by atoms with E-state index in [-0.39, 0.29) is 16.7 Å². The minimum atomic E-state index is -0.0552. The number of hydrogen-bond acceptors (Lipinski definition) is 3. The second-order valence-corrected chi connectivity index (χ2v) is 5.45. The first-order chi connectivity index (χ1) is 9.08. The highest BCUT2D eigenvalue weighted by Gasteiger charge is 2.19. The molecule has 5 heteroatoms. The highest BCUT2D eigenvalue weighted by Crippen LogP contribution is 2.24. The summed E-state index contributed by atoms with van der Waals surface area (Å²) in [6.45, 7) is 2.81. The largest absolute Gasteiger partial charge is 0.506 e. The Labute approximate surface area is 118 Å². The van der Waals surface area contributed by atoms with Crippen molar-refractivity contribution in [3.8, 4) is 5.75 Å². The zero-order valence-electron chi connectivity index (χ0n) is 11.0. The third-order valence-electron chi connectivity index (χ3n) is 3.53. The molecule has 1 amide bonds. The van der Waals surface area contributed by atoms with E-state index in [4.69, 9.17) is 11.6 Å². The molecule has 0 atom stereocenters. The number of carbonyl (C=O) groups excluding carboxylic acids is 1. The Morgan fingerprint density at radius 1 is 1.47 bits per heavy atom. The molecule has 1 aromatic rings. The van der Waals surface area contributed by atoms with E-state index >= 15 is 0 Å². The van der Waals surface area contributed by atoms with Crippen molar-refractivity contribution in [2.75, 3.05) is 26.7 Å². The summed E-state index contributed by atoms with van der Waals surface area (Å²) in [7, 11) is 1.81. The van der Waals surface area contributed by atoms with Crippen molar-refractivity contribution in [3.63, 3.8) is 0 Å². The lowest BCUT2D eigenvalue weighted by Gasteiger charge is -2.27. The number of halogens is 1. The van der Waals surface area contributed by atoms with Gasteiger partial charge in [-0.3, -0.25) is 4.79 Å². The van der Waals surface area contributed by atoms with Crippen molar-refractivity contribution in [2.45, 2.75) is 12.8 Å². The number of nitrogens with zero attached hydrogens (tertiary/aromatic N) is 1. The number of rotatable bonds is 3. The molecule has 4 nitrogen and oxygen atoms in total. The van der Waals surface area contributed by atoms with Gasteiger partial charge in [0.25, 0.3) is 5.91 Å². The molecule has 1 fully saturated rings. The van der Waals surface area contributed by atoms with Gasteiger partial charge in [0.05, 0.1) is 5.02 Å². The van der Waals surface area contributed by atoms with Gasteiger partial charge in [0.15, 0.2) is 0 Å². The van der Waals surface area contributed by atoms with Gasteiger partial charge in [-0.25, -0.2) is 0 Å². The van der Waals surface area contributed by atoms with E-state index in [2.05, 4.69) is 5.32 Å². The molecule has 0 unspecified atom stereocenters. The topological polar surface area (TPSA) is 52.6 Å². The highest BCUT2D eigenvalue weighted by molar-refractivity contribution is 6.32. The second kappa shape index (κ2) is 6.26. The summed E-state index contributed by atoms with van der Waals surface area (Å²) in [5, 5.41) is 12.9. The standard InChI is InChI=1S/C14H19ClN2O2/c1-17(9-10-4-6-16-7-5-10)14(19)11-2-3-13(18)12(15)8-11/h2-3,8,10,16,18H,4-7,9H2,1H3. The Morgan fingerprint density at radius 3 is 2.79 bits per heavy atom. The maximum atomic E-state index is 12.3. The molecule has 1 aliphatic heterocycles. The zero-order valence-corrected chi connectivity index (χ0v) is 11.8. The van der Waals surface area contributed by atoms with Crippen LogP contribution in [0.25, 0.3) is 0 Å². The van der Waals surface area contributed by atoms with Gasteiger partial charge in [-0.15, -0.1) is 0 Å². The van der Waals surface area contributed by atoms with Crippen molar-refractivity contribution in [3.05, 3.63) is 28.8 Å². The van der Waals surface area contributed by atoms with Gasteiger partial charge in [0.1, 0.15) is 5.75 Å². The molecule has 2 rings (SSSR count). The number of phenols is 1. The summed E-state index contributed by atoms with van der Waals surface area (Å²) in [6, 6.07) is 4.56.